The number of unbranched alkanes of at least 4 members (excludes halogenated alkanes) is 1. The van der Waals surface area contributed by atoms with E-state index in [-0.39, 0.29) is 0 Å². The summed E-state index contributed by atoms with van der Waals surface area (Å²) in [4.78, 5) is 4.61. The summed E-state index contributed by atoms with van der Waals surface area (Å²) in [5.74, 6) is 0.956. The fourth-order valence-corrected chi connectivity index (χ4v) is 2.44. The van der Waals surface area contributed by atoms with Crippen molar-refractivity contribution in [1.82, 2.24) is 0 Å². The maximum atomic E-state index is 4.61. The quantitative estimate of drug-likeness (QED) is 0.454. The van der Waals surface area contributed by atoms with Gasteiger partial charge in [-0.1, -0.05) is 65.8 Å². The topological polar surface area (TPSA) is 24.4 Å². The van der Waals surface area contributed by atoms with Crippen molar-refractivity contribution in [1.29, 1.82) is 0 Å². The van der Waals surface area contributed by atoms with E-state index in [2.05, 4.69) is 69.7 Å². The minimum Gasteiger partial charge on any atom is -0.354 e. The largest absolute Gasteiger partial charge is 0.354 e. The van der Waals surface area contributed by atoms with Crippen molar-refractivity contribution in [3.8, 4) is 0 Å². The van der Waals surface area contributed by atoms with Crippen LogP contribution in [0.5, 0.6) is 0 Å². The van der Waals surface area contributed by atoms with E-state index in [4.69, 9.17) is 0 Å². The lowest BCUT2D eigenvalue weighted by Gasteiger charge is -2.22. The Labute approximate surface area is 136 Å². The average molecular weight is 300 g/mol. The van der Waals surface area contributed by atoms with Gasteiger partial charge in [-0.05, 0) is 36.3 Å². The third-order valence-electron chi connectivity index (χ3n) is 3.95. The molecule has 0 unspecified atom stereocenters. The van der Waals surface area contributed by atoms with Gasteiger partial charge in [-0.2, -0.15) is 0 Å². The fraction of sp³-hybridized carbons (Fsp3) is 0.550. The fourth-order valence-electron chi connectivity index (χ4n) is 2.44. The highest BCUT2D eigenvalue weighted by atomic mass is 14.9. The molecule has 0 spiro atoms. The van der Waals surface area contributed by atoms with Crippen LogP contribution in [-0.4, -0.2) is 12.3 Å². The first-order valence-electron chi connectivity index (χ1n) is 8.48. The van der Waals surface area contributed by atoms with Crippen molar-refractivity contribution in [2.75, 3.05) is 11.9 Å². The highest BCUT2D eigenvalue weighted by molar-refractivity contribution is 6.00. The standard InChI is InChI=1S/C20H32N2/c1-8-9-13-21-16(6)17(7)22-20-18(14(2)3)11-10-12-19(20)15(4)5/h10-12,14-15,22H,7-9,13H2,1-6H3. The van der Waals surface area contributed by atoms with Gasteiger partial charge in [-0.3, -0.25) is 4.99 Å². The van der Waals surface area contributed by atoms with Gasteiger partial charge in [-0.15, -0.1) is 0 Å². The van der Waals surface area contributed by atoms with Gasteiger partial charge in [0.15, 0.2) is 0 Å². The first-order chi connectivity index (χ1) is 10.4. The first kappa shape index (κ1) is 18.5. The van der Waals surface area contributed by atoms with Gasteiger partial charge in [0, 0.05) is 12.2 Å². The number of rotatable bonds is 8. The Morgan fingerprint density at radius 2 is 1.68 bits per heavy atom. The summed E-state index contributed by atoms with van der Waals surface area (Å²) in [6.07, 6.45) is 2.30. The molecule has 0 heterocycles. The lowest BCUT2D eigenvalue weighted by molar-refractivity contribution is 0.807. The lowest BCUT2D eigenvalue weighted by Crippen LogP contribution is -2.12. The zero-order chi connectivity index (χ0) is 16.7. The molecule has 2 heteroatoms. The van der Waals surface area contributed by atoms with Crippen molar-refractivity contribution in [3.63, 3.8) is 0 Å². The van der Waals surface area contributed by atoms with Crippen LogP contribution in [0.15, 0.2) is 35.5 Å². The second-order valence-electron chi connectivity index (χ2n) is 6.55. The van der Waals surface area contributed by atoms with E-state index in [1.54, 1.807) is 0 Å². The van der Waals surface area contributed by atoms with Crippen LogP contribution in [0, 0.1) is 0 Å². The smallest absolute Gasteiger partial charge is 0.0545 e. The van der Waals surface area contributed by atoms with Crippen LogP contribution in [0.2, 0.25) is 0 Å². The van der Waals surface area contributed by atoms with E-state index in [0.717, 1.165) is 24.4 Å². The van der Waals surface area contributed by atoms with Crippen LogP contribution < -0.4 is 5.32 Å². The Kier molecular flexibility index (Phi) is 7.37. The van der Waals surface area contributed by atoms with E-state index in [1.807, 2.05) is 6.92 Å². The molecule has 122 valence electrons. The Bertz CT molecular complexity index is 498. The van der Waals surface area contributed by atoms with Gasteiger partial charge in [-0.25, -0.2) is 0 Å². The zero-order valence-electron chi connectivity index (χ0n) is 15.2. The molecule has 0 atom stereocenters. The number of anilines is 1. The molecule has 1 aromatic carbocycles. The second kappa shape index (κ2) is 8.77. The molecule has 0 bridgehead atoms. The molecule has 22 heavy (non-hydrogen) atoms. The van der Waals surface area contributed by atoms with Gasteiger partial charge in [0.1, 0.15) is 0 Å². The molecule has 0 aliphatic rings. The molecule has 0 saturated carbocycles. The summed E-state index contributed by atoms with van der Waals surface area (Å²) in [7, 11) is 0. The molecule has 0 amide bonds. The number of hydrogen-bond acceptors (Lipinski definition) is 2. The van der Waals surface area contributed by atoms with Gasteiger partial charge in [0.05, 0.1) is 11.4 Å². The van der Waals surface area contributed by atoms with E-state index >= 15 is 0 Å². The number of hydrogen-bond donors (Lipinski definition) is 1. The van der Waals surface area contributed by atoms with E-state index in [9.17, 15) is 0 Å². The first-order valence-corrected chi connectivity index (χ1v) is 8.48. The Morgan fingerprint density at radius 1 is 1.14 bits per heavy atom. The summed E-state index contributed by atoms with van der Waals surface area (Å²) >= 11 is 0. The normalized spacial score (nSPS) is 12.1. The number of aliphatic imine (C=N–C) groups is 1. The monoisotopic (exact) mass is 300 g/mol. The third kappa shape index (κ3) is 5.01. The number of para-hydroxylation sites is 1. The minimum atomic E-state index is 0.478. The number of nitrogens with zero attached hydrogens (tertiary/aromatic N) is 1. The van der Waals surface area contributed by atoms with Crippen molar-refractivity contribution in [3.05, 3.63) is 41.6 Å². The molecule has 0 radical (unpaired) electrons. The number of allylic oxidation sites excluding steroid dienone is 1. The predicted octanol–water partition coefficient (Wildman–Crippen LogP) is 6.12. The van der Waals surface area contributed by atoms with Crippen LogP contribution in [-0.2, 0) is 0 Å². The Morgan fingerprint density at radius 3 is 2.14 bits per heavy atom. The molecule has 0 aliphatic carbocycles. The summed E-state index contributed by atoms with van der Waals surface area (Å²) in [5, 5.41) is 3.54. The molecular weight excluding hydrogens is 268 g/mol. The summed E-state index contributed by atoms with van der Waals surface area (Å²) in [6.45, 7) is 18.2. The van der Waals surface area contributed by atoms with Crippen LogP contribution in [0.3, 0.4) is 0 Å². The van der Waals surface area contributed by atoms with Crippen LogP contribution >= 0.6 is 0 Å². The summed E-state index contributed by atoms with van der Waals surface area (Å²) in [5.41, 5.74) is 5.80. The maximum Gasteiger partial charge on any atom is 0.0545 e. The molecule has 1 rings (SSSR count). The minimum absolute atomic E-state index is 0.478. The Balaban J connectivity index is 3.05. The van der Waals surface area contributed by atoms with Gasteiger partial charge >= 0.3 is 0 Å². The molecule has 2 nitrogen and oxygen atoms in total. The van der Waals surface area contributed by atoms with Crippen molar-refractivity contribution in [2.45, 2.75) is 66.2 Å². The molecule has 0 fully saturated rings. The van der Waals surface area contributed by atoms with E-state index in [0.29, 0.717) is 11.8 Å². The molecular formula is C20H32N2. The van der Waals surface area contributed by atoms with Gasteiger partial charge < -0.3 is 5.32 Å². The molecule has 0 aliphatic heterocycles. The highest BCUT2D eigenvalue weighted by Gasteiger charge is 2.14. The predicted molar refractivity (Wildman–Crippen MR) is 100 cm³/mol. The highest BCUT2D eigenvalue weighted by Crippen LogP contribution is 2.33. The number of benzene rings is 1. The second-order valence-corrected chi connectivity index (χ2v) is 6.55. The zero-order valence-corrected chi connectivity index (χ0v) is 15.2. The lowest BCUT2D eigenvalue weighted by atomic mass is 9.92. The molecule has 1 aromatic rings. The van der Waals surface area contributed by atoms with Crippen molar-refractivity contribution < 1.29 is 0 Å². The molecule has 0 saturated heterocycles. The van der Waals surface area contributed by atoms with Crippen LogP contribution in [0.4, 0.5) is 5.69 Å². The van der Waals surface area contributed by atoms with Gasteiger partial charge in [0.2, 0.25) is 0 Å². The molecule has 1 N–H and O–H groups in total. The molecule has 0 aromatic heterocycles. The van der Waals surface area contributed by atoms with Crippen LogP contribution in [0.1, 0.15) is 77.3 Å². The van der Waals surface area contributed by atoms with Gasteiger partial charge in [0.25, 0.3) is 0 Å². The maximum absolute atomic E-state index is 4.61. The number of nitrogens with one attached hydrogen (secondary N) is 1. The summed E-state index contributed by atoms with van der Waals surface area (Å²) in [6, 6.07) is 6.56. The van der Waals surface area contributed by atoms with Crippen molar-refractivity contribution in [2.24, 2.45) is 4.99 Å². The van der Waals surface area contributed by atoms with Crippen molar-refractivity contribution >= 4 is 11.4 Å². The van der Waals surface area contributed by atoms with E-state index < -0.39 is 0 Å². The third-order valence-corrected chi connectivity index (χ3v) is 3.95. The Hall–Kier alpha value is -1.57. The van der Waals surface area contributed by atoms with Crippen LogP contribution in [0.25, 0.3) is 0 Å². The van der Waals surface area contributed by atoms with E-state index in [1.165, 1.54) is 23.2 Å². The average Bonchev–Trinajstić information content (AvgIpc) is 2.46. The SMILES string of the molecule is C=C(Nc1c(C(C)C)cccc1C(C)C)C(C)=NCCCC. The summed E-state index contributed by atoms with van der Waals surface area (Å²) < 4.78 is 0.